The molecule has 12 heavy (non-hydrogen) atoms. The third kappa shape index (κ3) is 2.09. The Balaban J connectivity index is 4.85. The summed E-state index contributed by atoms with van der Waals surface area (Å²) >= 11 is -1.27. The molecule has 0 N–H and O–H groups in total. The van der Waals surface area contributed by atoms with E-state index in [2.05, 4.69) is 0 Å². The summed E-state index contributed by atoms with van der Waals surface area (Å²) in [6, 6.07) is 0. The van der Waals surface area contributed by atoms with Crippen molar-refractivity contribution in [3.63, 3.8) is 0 Å². The predicted octanol–water partition coefficient (Wildman–Crippen LogP) is 2.43. The molecule has 68 valence electrons. The topological polar surface area (TPSA) is 0 Å². The molecule has 0 aliphatic heterocycles. The Morgan fingerprint density at radius 1 is 1.00 bits per heavy atom. The minimum absolute atomic E-state index is 0.817. The summed E-state index contributed by atoms with van der Waals surface area (Å²) in [4.78, 5) is 0. The molecule has 0 nitrogen and oxygen atoms in total. The van der Waals surface area contributed by atoms with Crippen molar-refractivity contribution in [3.8, 4) is 0 Å². The van der Waals surface area contributed by atoms with E-state index in [9.17, 15) is 26.3 Å². The van der Waals surface area contributed by atoms with E-state index in [1.807, 2.05) is 0 Å². The van der Waals surface area contributed by atoms with Gasteiger partial charge in [-0.05, 0) is 0 Å². The molecular formula is C5H5F6Na. The first-order valence-corrected chi connectivity index (χ1v) is 4.19. The van der Waals surface area contributed by atoms with Crippen molar-refractivity contribution in [2.24, 2.45) is 0 Å². The van der Waals surface area contributed by atoms with Gasteiger partial charge in [-0.2, -0.15) is 0 Å². The standard InChI is InChI=1S/C5H5F6.Na/c1-2-4(7,8)3(6)5(9,10)11;/h2H2,1H3;. The molecule has 0 aromatic rings. The first kappa shape index (κ1) is 12.6. The first-order chi connectivity index (χ1) is 5.06. The van der Waals surface area contributed by atoms with E-state index in [4.69, 9.17) is 0 Å². The summed E-state index contributed by atoms with van der Waals surface area (Å²) in [6.45, 7) is 0.817. The van der Waals surface area contributed by atoms with Crippen LogP contribution in [0.15, 0.2) is 0 Å². The second-order valence-electron chi connectivity index (χ2n) is 2.56. The third-order valence-corrected chi connectivity index (χ3v) is 2.96. The van der Waals surface area contributed by atoms with Crippen LogP contribution < -0.4 is 0 Å². The second kappa shape index (κ2) is 3.38. The summed E-state index contributed by atoms with van der Waals surface area (Å²) in [5, 5.41) is 0. The zero-order chi connectivity index (χ0) is 10.2. The number of halogens is 6. The van der Waals surface area contributed by atoms with Gasteiger partial charge in [-0.1, -0.05) is 0 Å². The van der Waals surface area contributed by atoms with E-state index >= 15 is 0 Å². The average molecular weight is 202 g/mol. The number of hydrogen-bond acceptors (Lipinski definition) is 0. The van der Waals surface area contributed by atoms with Crippen LogP contribution in [0, 0.1) is 0 Å². The molecule has 0 aliphatic rings. The van der Waals surface area contributed by atoms with Crippen LogP contribution in [-0.4, -0.2) is 42.9 Å². The molecule has 0 fully saturated rings. The van der Waals surface area contributed by atoms with E-state index in [0.717, 1.165) is 6.92 Å². The van der Waals surface area contributed by atoms with Crippen LogP contribution in [0.2, 0.25) is 0 Å². The Bertz CT molecular complexity index is 160. The normalized spacial score (nSPS) is 19.1. The summed E-state index contributed by atoms with van der Waals surface area (Å²) in [5.41, 5.74) is 0. The van der Waals surface area contributed by atoms with Gasteiger partial charge in [-0.3, -0.25) is 0 Å². The Kier molecular flexibility index (Phi) is 3.54. The van der Waals surface area contributed by atoms with Gasteiger partial charge in [0.15, 0.2) is 0 Å². The van der Waals surface area contributed by atoms with Crippen molar-refractivity contribution in [2.75, 3.05) is 0 Å². The summed E-state index contributed by atoms with van der Waals surface area (Å²) in [7, 11) is 0. The Morgan fingerprint density at radius 2 is 1.33 bits per heavy atom. The van der Waals surface area contributed by atoms with Crippen molar-refractivity contribution in [1.29, 1.82) is 0 Å². The number of hydrogen-bond donors (Lipinski definition) is 0. The third-order valence-electron chi connectivity index (χ3n) is 1.66. The van der Waals surface area contributed by atoms with E-state index in [1.165, 1.54) is 0 Å². The fourth-order valence-corrected chi connectivity index (χ4v) is 0.893. The maximum atomic E-state index is 12.6. The molecule has 1 atom stereocenters. The van der Waals surface area contributed by atoms with Crippen LogP contribution in [0.5, 0.6) is 0 Å². The van der Waals surface area contributed by atoms with E-state index in [0.29, 0.717) is 0 Å². The van der Waals surface area contributed by atoms with Crippen molar-refractivity contribution in [2.45, 2.75) is 28.4 Å². The molecule has 0 amide bonds. The molecule has 0 saturated carbocycles. The fraction of sp³-hybridized carbons (Fsp3) is 1.00. The molecule has 0 aliphatic carbocycles. The van der Waals surface area contributed by atoms with Gasteiger partial charge in [0.05, 0.1) is 0 Å². The Morgan fingerprint density at radius 3 is 1.42 bits per heavy atom. The summed E-state index contributed by atoms with van der Waals surface area (Å²) in [5.74, 6) is -4.31. The maximum absolute atomic E-state index is 12.6. The zero-order valence-electron chi connectivity index (χ0n) is 6.47. The summed E-state index contributed by atoms with van der Waals surface area (Å²) < 4.78 is 68.1. The van der Waals surface area contributed by atoms with E-state index in [-0.39, 0.29) is 0 Å². The first-order valence-electron chi connectivity index (χ1n) is 3.19. The molecule has 0 aromatic heterocycles. The van der Waals surface area contributed by atoms with Crippen molar-refractivity contribution in [3.05, 3.63) is 0 Å². The molecule has 0 heterocycles. The zero-order valence-corrected chi connectivity index (χ0v) is 8.47. The summed E-state index contributed by atoms with van der Waals surface area (Å²) in [6.07, 6.45) is -6.62. The molecule has 0 saturated heterocycles. The molecule has 1 unspecified atom stereocenters. The molecule has 7 heteroatoms. The second-order valence-corrected chi connectivity index (χ2v) is 3.94. The Hall–Kier alpha value is 0.580. The quantitative estimate of drug-likeness (QED) is 0.476. The molecule has 0 aromatic carbocycles. The molecule has 0 spiro atoms. The van der Waals surface area contributed by atoms with Crippen molar-refractivity contribution >= 4 is 27.9 Å². The van der Waals surface area contributed by atoms with Gasteiger partial charge in [0, 0.05) is 0 Å². The van der Waals surface area contributed by atoms with Crippen LogP contribution in [0.3, 0.4) is 0 Å². The van der Waals surface area contributed by atoms with Gasteiger partial charge >= 0.3 is 82.6 Å². The average Bonchev–Trinajstić information content (AvgIpc) is 1.85. The van der Waals surface area contributed by atoms with Gasteiger partial charge in [-0.15, -0.1) is 0 Å². The number of alkyl halides is 6. The van der Waals surface area contributed by atoms with Crippen LogP contribution in [-0.2, 0) is 0 Å². The van der Waals surface area contributed by atoms with Gasteiger partial charge in [0.2, 0.25) is 0 Å². The Labute approximate surface area is 82.7 Å². The van der Waals surface area contributed by atoms with Crippen molar-refractivity contribution in [1.82, 2.24) is 0 Å². The van der Waals surface area contributed by atoms with Crippen molar-refractivity contribution < 1.29 is 26.3 Å². The monoisotopic (exact) mass is 202 g/mol. The van der Waals surface area contributed by atoms with Crippen LogP contribution in [0.1, 0.15) is 13.3 Å². The SMILES string of the molecule is CCC(F)(F)[C](F)([Na])C(F)(F)F. The predicted molar refractivity (Wildman–Crippen MR) is 30.9 cm³/mol. The molecule has 0 bridgehead atoms. The van der Waals surface area contributed by atoms with Gasteiger partial charge in [0.25, 0.3) is 0 Å². The molecular weight excluding hydrogens is 197 g/mol. The van der Waals surface area contributed by atoms with E-state index < -0.39 is 49.4 Å². The number of rotatable bonds is 2. The van der Waals surface area contributed by atoms with Gasteiger partial charge in [0.1, 0.15) is 0 Å². The molecule has 0 rings (SSSR count). The van der Waals surface area contributed by atoms with E-state index in [1.54, 1.807) is 0 Å². The van der Waals surface area contributed by atoms with Gasteiger partial charge in [-0.25, -0.2) is 0 Å². The van der Waals surface area contributed by atoms with Crippen LogP contribution in [0.4, 0.5) is 26.3 Å². The molecule has 0 radical (unpaired) electrons. The van der Waals surface area contributed by atoms with Crippen LogP contribution in [0.25, 0.3) is 0 Å². The van der Waals surface area contributed by atoms with Gasteiger partial charge < -0.3 is 0 Å². The minimum atomic E-state index is -5.47. The fourth-order valence-electron chi connectivity index (χ4n) is 0.539. The van der Waals surface area contributed by atoms with Crippen LogP contribution >= 0.6 is 0 Å².